The molecule has 2 heterocycles. The molecule has 0 unspecified atom stereocenters. The van der Waals surface area contributed by atoms with Crippen LogP contribution in [0.15, 0.2) is 12.3 Å². The summed E-state index contributed by atoms with van der Waals surface area (Å²) in [5.41, 5.74) is 0.308. The van der Waals surface area contributed by atoms with E-state index in [1.807, 2.05) is 0 Å². The van der Waals surface area contributed by atoms with E-state index in [0.717, 1.165) is 0 Å². The van der Waals surface area contributed by atoms with Crippen LogP contribution in [0.1, 0.15) is 23.2 Å². The summed E-state index contributed by atoms with van der Waals surface area (Å²) in [6, 6.07) is 1.30. The average molecular weight is 323 g/mol. The van der Waals surface area contributed by atoms with Crippen molar-refractivity contribution >= 4 is 38.9 Å². The summed E-state index contributed by atoms with van der Waals surface area (Å²) in [6.07, 6.45) is 2.20. The van der Waals surface area contributed by atoms with Crippen LogP contribution in [0.5, 0.6) is 0 Å². The van der Waals surface area contributed by atoms with Crippen molar-refractivity contribution in [3.63, 3.8) is 0 Å². The molecule has 1 amide bonds. The summed E-state index contributed by atoms with van der Waals surface area (Å²) in [4.78, 5) is 15.7. The molecule has 104 valence electrons. The van der Waals surface area contributed by atoms with Gasteiger partial charge in [-0.05, 0) is 18.9 Å². The number of nitrogens with zero attached hydrogens (tertiary/aromatic N) is 1. The second kappa shape index (κ2) is 5.64. The summed E-state index contributed by atoms with van der Waals surface area (Å²) >= 11 is 11.5. The van der Waals surface area contributed by atoms with Gasteiger partial charge in [0.15, 0.2) is 0 Å². The summed E-state index contributed by atoms with van der Waals surface area (Å²) in [6.45, 7) is 0. The van der Waals surface area contributed by atoms with Crippen molar-refractivity contribution in [1.29, 1.82) is 0 Å². The molecule has 0 bridgehead atoms. The van der Waals surface area contributed by atoms with Gasteiger partial charge in [0.2, 0.25) is 0 Å². The maximum atomic E-state index is 11.9. The van der Waals surface area contributed by atoms with Crippen molar-refractivity contribution in [2.45, 2.75) is 18.9 Å². The van der Waals surface area contributed by atoms with Crippen molar-refractivity contribution in [2.24, 2.45) is 0 Å². The fraction of sp³-hybridized carbons (Fsp3) is 0.455. The lowest BCUT2D eigenvalue weighted by Gasteiger charge is -2.23. The van der Waals surface area contributed by atoms with Gasteiger partial charge in [-0.2, -0.15) is 0 Å². The van der Waals surface area contributed by atoms with E-state index >= 15 is 0 Å². The fourth-order valence-electron chi connectivity index (χ4n) is 1.85. The zero-order valence-electron chi connectivity index (χ0n) is 9.90. The number of nitrogens with one attached hydrogen (secondary N) is 1. The molecule has 19 heavy (non-hydrogen) atoms. The molecule has 2 rings (SSSR count). The third-order valence-electron chi connectivity index (χ3n) is 2.95. The molecule has 0 aromatic carbocycles. The molecule has 1 aromatic rings. The third kappa shape index (κ3) is 3.81. The zero-order valence-corrected chi connectivity index (χ0v) is 12.2. The molecular weight excluding hydrogens is 311 g/mol. The van der Waals surface area contributed by atoms with Gasteiger partial charge in [0.05, 0.1) is 22.1 Å². The number of halogens is 2. The van der Waals surface area contributed by atoms with Crippen LogP contribution < -0.4 is 5.32 Å². The van der Waals surface area contributed by atoms with Crippen molar-refractivity contribution in [3.05, 3.63) is 28.0 Å². The smallest absolute Gasteiger partial charge is 0.253 e. The Labute approximate surface area is 121 Å². The zero-order chi connectivity index (χ0) is 14.0. The molecule has 1 saturated heterocycles. The Bertz CT molecular complexity index is 590. The van der Waals surface area contributed by atoms with Crippen LogP contribution >= 0.6 is 23.2 Å². The van der Waals surface area contributed by atoms with E-state index in [2.05, 4.69) is 10.3 Å². The minimum Gasteiger partial charge on any atom is -0.349 e. The van der Waals surface area contributed by atoms with Crippen LogP contribution in [0.2, 0.25) is 10.2 Å². The Kier molecular flexibility index (Phi) is 4.32. The number of carbonyl (C=O) groups excluding carboxylic acids is 1. The molecule has 1 N–H and O–H groups in total. The monoisotopic (exact) mass is 322 g/mol. The second-order valence-electron chi connectivity index (χ2n) is 4.40. The van der Waals surface area contributed by atoms with Crippen LogP contribution in [-0.2, 0) is 9.84 Å². The van der Waals surface area contributed by atoms with E-state index in [4.69, 9.17) is 23.2 Å². The number of rotatable bonds is 2. The van der Waals surface area contributed by atoms with Gasteiger partial charge >= 0.3 is 0 Å². The molecule has 0 aliphatic carbocycles. The van der Waals surface area contributed by atoms with Gasteiger partial charge in [0, 0.05) is 12.2 Å². The predicted octanol–water partition coefficient (Wildman–Crippen LogP) is 1.70. The van der Waals surface area contributed by atoms with Crippen LogP contribution in [0.25, 0.3) is 0 Å². The Hall–Kier alpha value is -0.850. The van der Waals surface area contributed by atoms with E-state index in [-0.39, 0.29) is 33.6 Å². The van der Waals surface area contributed by atoms with Crippen LogP contribution in [-0.4, -0.2) is 36.9 Å². The molecule has 0 spiro atoms. The lowest BCUT2D eigenvalue weighted by molar-refractivity contribution is 0.0934. The summed E-state index contributed by atoms with van der Waals surface area (Å²) < 4.78 is 22.6. The van der Waals surface area contributed by atoms with Gasteiger partial charge in [0.25, 0.3) is 5.91 Å². The molecule has 0 saturated carbocycles. The van der Waals surface area contributed by atoms with E-state index in [1.165, 1.54) is 12.3 Å². The molecule has 1 aliphatic heterocycles. The topological polar surface area (TPSA) is 76.1 Å². The number of sulfone groups is 1. The Balaban J connectivity index is 2.00. The Morgan fingerprint density at radius 2 is 1.95 bits per heavy atom. The maximum Gasteiger partial charge on any atom is 0.253 e. The summed E-state index contributed by atoms with van der Waals surface area (Å²) in [5, 5.41) is 3.12. The number of pyridine rings is 1. The van der Waals surface area contributed by atoms with E-state index in [9.17, 15) is 13.2 Å². The number of carbonyl (C=O) groups is 1. The number of amides is 1. The Morgan fingerprint density at radius 3 is 2.53 bits per heavy atom. The SMILES string of the molecule is O=C(NC1CCS(=O)(=O)CC1)c1cnc(Cl)c(Cl)c1. The molecule has 1 fully saturated rings. The second-order valence-corrected chi connectivity index (χ2v) is 7.47. The lowest BCUT2D eigenvalue weighted by Crippen LogP contribution is -2.40. The molecular formula is C11H12Cl2N2O3S. The standard InChI is InChI=1S/C11H12Cl2N2O3S/c12-9-5-7(6-14-10(9)13)11(16)15-8-1-3-19(17,18)4-2-8/h5-6,8H,1-4H2,(H,15,16). The van der Waals surface area contributed by atoms with Gasteiger partial charge in [-0.1, -0.05) is 23.2 Å². The maximum absolute atomic E-state index is 11.9. The minimum absolute atomic E-state index is 0.109. The molecule has 0 atom stereocenters. The third-order valence-corrected chi connectivity index (χ3v) is 5.35. The highest BCUT2D eigenvalue weighted by Gasteiger charge is 2.25. The molecule has 1 aromatic heterocycles. The largest absolute Gasteiger partial charge is 0.349 e. The van der Waals surface area contributed by atoms with Crippen molar-refractivity contribution in [2.75, 3.05) is 11.5 Å². The van der Waals surface area contributed by atoms with Gasteiger partial charge < -0.3 is 5.32 Å². The number of aromatic nitrogens is 1. The highest BCUT2D eigenvalue weighted by Crippen LogP contribution is 2.20. The van der Waals surface area contributed by atoms with Crippen molar-refractivity contribution < 1.29 is 13.2 Å². The van der Waals surface area contributed by atoms with Gasteiger partial charge in [-0.25, -0.2) is 13.4 Å². The van der Waals surface area contributed by atoms with Gasteiger partial charge in [-0.15, -0.1) is 0 Å². The normalized spacial score (nSPS) is 19.1. The number of hydrogen-bond donors (Lipinski definition) is 1. The molecule has 5 nitrogen and oxygen atoms in total. The van der Waals surface area contributed by atoms with E-state index in [0.29, 0.717) is 18.4 Å². The first-order valence-electron chi connectivity index (χ1n) is 5.70. The van der Waals surface area contributed by atoms with Crippen molar-refractivity contribution in [3.8, 4) is 0 Å². The quantitative estimate of drug-likeness (QED) is 0.841. The highest BCUT2D eigenvalue weighted by atomic mass is 35.5. The lowest BCUT2D eigenvalue weighted by atomic mass is 10.1. The van der Waals surface area contributed by atoms with E-state index in [1.54, 1.807) is 0 Å². The predicted molar refractivity (Wildman–Crippen MR) is 73.4 cm³/mol. The number of hydrogen-bond acceptors (Lipinski definition) is 4. The first-order chi connectivity index (χ1) is 8.87. The van der Waals surface area contributed by atoms with E-state index < -0.39 is 9.84 Å². The van der Waals surface area contributed by atoms with Crippen LogP contribution in [0.4, 0.5) is 0 Å². The summed E-state index contributed by atoms with van der Waals surface area (Å²) in [7, 11) is -2.93. The first kappa shape index (κ1) is 14.6. The molecule has 8 heteroatoms. The first-order valence-corrected chi connectivity index (χ1v) is 8.27. The molecule has 0 radical (unpaired) electrons. The van der Waals surface area contributed by atoms with Crippen LogP contribution in [0, 0.1) is 0 Å². The molecule has 1 aliphatic rings. The van der Waals surface area contributed by atoms with Gasteiger partial charge in [-0.3, -0.25) is 4.79 Å². The van der Waals surface area contributed by atoms with Crippen molar-refractivity contribution in [1.82, 2.24) is 10.3 Å². The highest BCUT2D eigenvalue weighted by molar-refractivity contribution is 7.91. The van der Waals surface area contributed by atoms with Crippen LogP contribution in [0.3, 0.4) is 0 Å². The minimum atomic E-state index is -2.93. The Morgan fingerprint density at radius 1 is 1.32 bits per heavy atom. The summed E-state index contributed by atoms with van der Waals surface area (Å²) in [5.74, 6) is -0.106. The van der Waals surface area contributed by atoms with Gasteiger partial charge in [0.1, 0.15) is 15.0 Å². The fourth-order valence-corrected chi connectivity index (χ4v) is 3.61. The average Bonchev–Trinajstić information content (AvgIpc) is 2.35.